The molecule has 6 nitrogen and oxygen atoms in total. The van der Waals surface area contributed by atoms with E-state index in [2.05, 4.69) is 0 Å². The Morgan fingerprint density at radius 2 is 1.65 bits per heavy atom. The van der Waals surface area contributed by atoms with Crippen LogP contribution in [0.3, 0.4) is 0 Å². The van der Waals surface area contributed by atoms with Gasteiger partial charge in [0, 0.05) is 24.2 Å². The van der Waals surface area contributed by atoms with Crippen molar-refractivity contribution < 1.29 is 24.2 Å². The SMILES string of the molecule is COc1cc(C(=O)N2CCc3ccc(C(=O)O)cc3C2)cc(OC)c1C. The highest BCUT2D eigenvalue weighted by atomic mass is 16.5. The summed E-state index contributed by atoms with van der Waals surface area (Å²) in [4.78, 5) is 25.9. The molecule has 0 spiro atoms. The van der Waals surface area contributed by atoms with Crippen LogP contribution in [0.4, 0.5) is 0 Å². The van der Waals surface area contributed by atoms with Crippen molar-refractivity contribution in [2.75, 3.05) is 20.8 Å². The Hall–Kier alpha value is -3.02. The highest BCUT2D eigenvalue weighted by Gasteiger charge is 2.24. The second-order valence-electron chi connectivity index (χ2n) is 6.27. The van der Waals surface area contributed by atoms with Gasteiger partial charge >= 0.3 is 5.97 Å². The van der Waals surface area contributed by atoms with Crippen molar-refractivity contribution in [1.82, 2.24) is 4.90 Å². The van der Waals surface area contributed by atoms with Crippen LogP contribution < -0.4 is 9.47 Å². The summed E-state index contributed by atoms with van der Waals surface area (Å²) in [5.41, 5.74) is 3.51. The molecule has 2 aromatic rings. The van der Waals surface area contributed by atoms with Crippen molar-refractivity contribution in [3.8, 4) is 11.5 Å². The second kappa shape index (κ2) is 7.07. The van der Waals surface area contributed by atoms with Crippen molar-refractivity contribution in [1.29, 1.82) is 0 Å². The van der Waals surface area contributed by atoms with Crippen LogP contribution >= 0.6 is 0 Å². The van der Waals surface area contributed by atoms with Crippen molar-refractivity contribution in [2.24, 2.45) is 0 Å². The number of fused-ring (bicyclic) bond motifs is 1. The minimum atomic E-state index is -0.968. The van der Waals surface area contributed by atoms with E-state index < -0.39 is 5.97 Å². The van der Waals surface area contributed by atoms with E-state index in [0.29, 0.717) is 36.6 Å². The number of carboxylic acid groups (broad SMARTS) is 1. The van der Waals surface area contributed by atoms with Crippen LogP contribution in [0.5, 0.6) is 11.5 Å². The van der Waals surface area contributed by atoms with Gasteiger partial charge in [-0.25, -0.2) is 4.79 Å². The predicted molar refractivity (Wildman–Crippen MR) is 96.1 cm³/mol. The van der Waals surface area contributed by atoms with E-state index in [1.54, 1.807) is 43.4 Å². The summed E-state index contributed by atoms with van der Waals surface area (Å²) in [6.07, 6.45) is 0.696. The lowest BCUT2D eigenvalue weighted by atomic mass is 9.96. The molecule has 136 valence electrons. The molecule has 0 atom stereocenters. The second-order valence-corrected chi connectivity index (χ2v) is 6.27. The first-order valence-corrected chi connectivity index (χ1v) is 8.31. The zero-order valence-electron chi connectivity index (χ0n) is 15.0. The van der Waals surface area contributed by atoms with E-state index in [4.69, 9.17) is 9.47 Å². The summed E-state index contributed by atoms with van der Waals surface area (Å²) in [5.74, 6) is 0.0915. The van der Waals surface area contributed by atoms with E-state index >= 15 is 0 Å². The molecular weight excluding hydrogens is 334 g/mol. The summed E-state index contributed by atoms with van der Waals surface area (Å²) >= 11 is 0. The number of rotatable bonds is 4. The quantitative estimate of drug-likeness (QED) is 0.913. The molecule has 1 aliphatic heterocycles. The van der Waals surface area contributed by atoms with Gasteiger partial charge in [0.15, 0.2) is 0 Å². The molecule has 0 fully saturated rings. The number of benzene rings is 2. The molecule has 1 heterocycles. The maximum Gasteiger partial charge on any atom is 0.335 e. The van der Waals surface area contributed by atoms with Crippen molar-refractivity contribution >= 4 is 11.9 Å². The summed E-state index contributed by atoms with van der Waals surface area (Å²) in [7, 11) is 3.11. The van der Waals surface area contributed by atoms with Crippen molar-refractivity contribution in [3.05, 3.63) is 58.1 Å². The molecule has 1 amide bonds. The fourth-order valence-corrected chi connectivity index (χ4v) is 3.26. The van der Waals surface area contributed by atoms with Gasteiger partial charge in [0.1, 0.15) is 11.5 Å². The number of carboxylic acids is 1. The molecule has 0 radical (unpaired) electrons. The van der Waals surface area contributed by atoms with Gasteiger partial charge in [-0.3, -0.25) is 4.79 Å². The van der Waals surface area contributed by atoms with Crippen LogP contribution in [0.2, 0.25) is 0 Å². The van der Waals surface area contributed by atoms with Gasteiger partial charge in [0.2, 0.25) is 0 Å². The standard InChI is InChI=1S/C20H21NO5/c1-12-17(25-2)9-15(10-18(12)26-3)19(22)21-7-6-13-4-5-14(20(23)24)8-16(13)11-21/h4-5,8-10H,6-7,11H2,1-3H3,(H,23,24). The first kappa shape index (κ1) is 17.8. The third-order valence-electron chi connectivity index (χ3n) is 4.75. The summed E-state index contributed by atoms with van der Waals surface area (Å²) in [6, 6.07) is 8.51. The lowest BCUT2D eigenvalue weighted by Gasteiger charge is -2.29. The average molecular weight is 355 g/mol. The number of nitrogens with zero attached hydrogens (tertiary/aromatic N) is 1. The number of methoxy groups -OCH3 is 2. The molecule has 26 heavy (non-hydrogen) atoms. The van der Waals surface area contributed by atoms with Gasteiger partial charge in [-0.1, -0.05) is 6.07 Å². The van der Waals surface area contributed by atoms with E-state index in [0.717, 1.165) is 16.7 Å². The number of hydrogen-bond donors (Lipinski definition) is 1. The van der Waals surface area contributed by atoms with Gasteiger partial charge in [-0.2, -0.15) is 0 Å². The Balaban J connectivity index is 1.90. The number of aromatic carboxylic acids is 1. The third kappa shape index (κ3) is 3.22. The van der Waals surface area contributed by atoms with Gasteiger partial charge in [-0.05, 0) is 48.7 Å². The highest BCUT2D eigenvalue weighted by Crippen LogP contribution is 2.31. The molecule has 1 N–H and O–H groups in total. The molecule has 0 saturated heterocycles. The first-order chi connectivity index (χ1) is 12.4. The summed E-state index contributed by atoms with van der Waals surface area (Å²) < 4.78 is 10.7. The van der Waals surface area contributed by atoms with E-state index in [1.807, 2.05) is 13.0 Å². The van der Waals surface area contributed by atoms with E-state index in [1.165, 1.54) is 0 Å². The topological polar surface area (TPSA) is 76.1 Å². The molecule has 0 saturated carbocycles. The van der Waals surface area contributed by atoms with Crippen LogP contribution in [0, 0.1) is 6.92 Å². The number of carbonyl (C=O) groups excluding carboxylic acids is 1. The Morgan fingerprint density at radius 1 is 1.00 bits per heavy atom. The molecular formula is C20H21NO5. The monoisotopic (exact) mass is 355 g/mol. The average Bonchev–Trinajstić information content (AvgIpc) is 2.66. The van der Waals surface area contributed by atoms with Crippen LogP contribution in [0.1, 0.15) is 37.4 Å². The molecule has 2 aromatic carbocycles. The number of hydrogen-bond acceptors (Lipinski definition) is 4. The Morgan fingerprint density at radius 3 is 2.23 bits per heavy atom. The van der Waals surface area contributed by atoms with Crippen LogP contribution in [-0.2, 0) is 13.0 Å². The molecule has 6 heteroatoms. The fraction of sp³-hybridized carbons (Fsp3) is 0.300. The van der Waals surface area contributed by atoms with Gasteiger partial charge in [0.25, 0.3) is 5.91 Å². The largest absolute Gasteiger partial charge is 0.496 e. The van der Waals surface area contributed by atoms with Crippen molar-refractivity contribution in [2.45, 2.75) is 19.9 Å². The van der Waals surface area contributed by atoms with Crippen LogP contribution in [0.15, 0.2) is 30.3 Å². The minimum Gasteiger partial charge on any atom is -0.496 e. The maximum atomic E-state index is 13.0. The Kier molecular flexibility index (Phi) is 4.84. The first-order valence-electron chi connectivity index (χ1n) is 8.31. The zero-order valence-corrected chi connectivity index (χ0v) is 15.0. The Bertz CT molecular complexity index is 849. The lowest BCUT2D eigenvalue weighted by molar-refractivity contribution is 0.0696. The predicted octanol–water partition coefficient (Wildman–Crippen LogP) is 2.91. The van der Waals surface area contributed by atoms with E-state index in [-0.39, 0.29) is 11.5 Å². The third-order valence-corrected chi connectivity index (χ3v) is 4.75. The normalized spacial score (nSPS) is 13.1. The Labute approximate surface area is 152 Å². The molecule has 1 aliphatic rings. The fourth-order valence-electron chi connectivity index (χ4n) is 3.26. The highest BCUT2D eigenvalue weighted by molar-refractivity contribution is 5.95. The van der Waals surface area contributed by atoms with Crippen LogP contribution in [-0.4, -0.2) is 42.6 Å². The molecule has 0 aromatic heterocycles. The number of carbonyl (C=O) groups is 2. The maximum absolute atomic E-state index is 13.0. The summed E-state index contributed by atoms with van der Waals surface area (Å²) in [6.45, 7) is 2.83. The number of ether oxygens (including phenoxy) is 2. The molecule has 3 rings (SSSR count). The molecule has 0 aliphatic carbocycles. The van der Waals surface area contributed by atoms with Gasteiger partial charge in [0.05, 0.1) is 19.8 Å². The molecule has 0 bridgehead atoms. The summed E-state index contributed by atoms with van der Waals surface area (Å²) in [5, 5.41) is 9.17. The molecule has 0 unspecified atom stereocenters. The number of amides is 1. The smallest absolute Gasteiger partial charge is 0.335 e. The lowest BCUT2D eigenvalue weighted by Crippen LogP contribution is -2.36. The van der Waals surface area contributed by atoms with Gasteiger partial charge < -0.3 is 19.5 Å². The minimum absolute atomic E-state index is 0.132. The van der Waals surface area contributed by atoms with Crippen molar-refractivity contribution in [3.63, 3.8) is 0 Å². The van der Waals surface area contributed by atoms with Crippen LogP contribution in [0.25, 0.3) is 0 Å². The van der Waals surface area contributed by atoms with Gasteiger partial charge in [-0.15, -0.1) is 0 Å². The zero-order chi connectivity index (χ0) is 18.8. The van der Waals surface area contributed by atoms with E-state index in [9.17, 15) is 14.7 Å².